The lowest BCUT2D eigenvalue weighted by Crippen LogP contribution is -2.24. The number of aromatic nitrogens is 1. The first-order chi connectivity index (χ1) is 15.6. The zero-order valence-electron chi connectivity index (χ0n) is 17.5. The highest BCUT2D eigenvalue weighted by Gasteiger charge is 2.17. The Bertz CT molecular complexity index is 1070. The van der Waals surface area contributed by atoms with E-state index in [9.17, 15) is 9.59 Å². The first-order valence-corrected chi connectivity index (χ1v) is 11.5. The van der Waals surface area contributed by atoms with E-state index in [0.717, 1.165) is 5.56 Å². The number of thioether (sulfide) groups is 1. The summed E-state index contributed by atoms with van der Waals surface area (Å²) in [4.78, 5) is 29.1. The average molecular weight is 470 g/mol. The number of amides is 2. The summed E-state index contributed by atoms with van der Waals surface area (Å²) >= 11 is 2.64. The molecule has 32 heavy (non-hydrogen) atoms. The number of methoxy groups -OCH3 is 1. The molecule has 3 rings (SSSR count). The van der Waals surface area contributed by atoms with E-state index in [4.69, 9.17) is 9.47 Å². The Morgan fingerprint density at radius 3 is 2.66 bits per heavy atom. The molecule has 0 bridgehead atoms. The molecule has 1 aromatic heterocycles. The van der Waals surface area contributed by atoms with Crippen molar-refractivity contribution in [3.8, 4) is 22.8 Å². The maximum Gasteiger partial charge on any atom is 0.262 e. The van der Waals surface area contributed by atoms with Crippen molar-refractivity contribution in [1.82, 2.24) is 10.3 Å². The Hall–Kier alpha value is -3.30. The molecule has 0 radical (unpaired) electrons. The number of nitrogens with zero attached hydrogens (tertiary/aromatic N) is 1. The second kappa shape index (κ2) is 11.9. The largest absolute Gasteiger partial charge is 0.497 e. The predicted octanol–water partition coefficient (Wildman–Crippen LogP) is 4.23. The van der Waals surface area contributed by atoms with Crippen LogP contribution >= 0.6 is 23.1 Å². The minimum Gasteiger partial charge on any atom is -0.497 e. The van der Waals surface area contributed by atoms with E-state index in [2.05, 4.69) is 22.2 Å². The molecule has 166 valence electrons. The van der Waals surface area contributed by atoms with Gasteiger partial charge in [-0.25, -0.2) is 4.98 Å². The van der Waals surface area contributed by atoms with Gasteiger partial charge in [0.05, 0.1) is 12.9 Å². The van der Waals surface area contributed by atoms with E-state index in [1.165, 1.54) is 23.1 Å². The molecule has 1 heterocycles. The predicted molar refractivity (Wildman–Crippen MR) is 129 cm³/mol. The highest BCUT2D eigenvalue weighted by molar-refractivity contribution is 8.01. The Labute approximate surface area is 194 Å². The maximum atomic E-state index is 12.5. The van der Waals surface area contributed by atoms with Gasteiger partial charge in [0.15, 0.2) is 10.9 Å². The van der Waals surface area contributed by atoms with Crippen molar-refractivity contribution in [2.75, 3.05) is 31.3 Å². The molecule has 9 heteroatoms. The van der Waals surface area contributed by atoms with Crippen LogP contribution in [0.5, 0.6) is 11.5 Å². The van der Waals surface area contributed by atoms with Crippen LogP contribution in [0.3, 0.4) is 0 Å². The number of carbonyl (C=O) groups excluding carboxylic acids is 2. The van der Waals surface area contributed by atoms with E-state index in [1.54, 1.807) is 37.5 Å². The normalized spacial score (nSPS) is 10.3. The first-order valence-electron chi connectivity index (χ1n) is 9.72. The number of hydrogen-bond donors (Lipinski definition) is 2. The summed E-state index contributed by atoms with van der Waals surface area (Å²) in [6.07, 6.45) is 1.63. The fourth-order valence-electron chi connectivity index (χ4n) is 2.61. The topological polar surface area (TPSA) is 89.6 Å². The molecule has 2 N–H and O–H groups in total. The van der Waals surface area contributed by atoms with Crippen LogP contribution in [0.2, 0.25) is 0 Å². The first kappa shape index (κ1) is 23.4. The lowest BCUT2D eigenvalue weighted by atomic mass is 10.2. The lowest BCUT2D eigenvalue weighted by Gasteiger charge is -2.08. The number of carbonyl (C=O) groups is 2. The van der Waals surface area contributed by atoms with Crippen LogP contribution in [0.25, 0.3) is 11.3 Å². The van der Waals surface area contributed by atoms with Crippen LogP contribution in [-0.4, -0.2) is 42.8 Å². The summed E-state index contributed by atoms with van der Waals surface area (Å²) in [5.74, 6) is 0.990. The van der Waals surface area contributed by atoms with E-state index in [-0.39, 0.29) is 24.2 Å². The van der Waals surface area contributed by atoms with Crippen LogP contribution in [0.4, 0.5) is 5.00 Å². The summed E-state index contributed by atoms with van der Waals surface area (Å²) in [6.45, 7) is 3.84. The zero-order chi connectivity index (χ0) is 22.8. The molecule has 2 amide bonds. The molecule has 0 aliphatic rings. The van der Waals surface area contributed by atoms with Gasteiger partial charge in [-0.1, -0.05) is 65.6 Å². The summed E-state index contributed by atoms with van der Waals surface area (Å²) in [7, 11) is 1.57. The molecule has 7 nitrogen and oxygen atoms in total. The summed E-state index contributed by atoms with van der Waals surface area (Å²) in [5.41, 5.74) is 1.52. The van der Waals surface area contributed by atoms with Crippen molar-refractivity contribution in [2.45, 2.75) is 4.34 Å². The summed E-state index contributed by atoms with van der Waals surface area (Å²) in [6, 6.07) is 16.6. The van der Waals surface area contributed by atoms with E-state index >= 15 is 0 Å². The standard InChI is InChI=1S/C23H23N3O4S2/c1-3-12-24-20(28)15-31-23-26-21(16-8-5-4-6-9-16)22(32-23)25-19(27)14-30-18-11-7-10-17(13-18)29-2/h3-11,13H,1,12,14-15H2,2H3,(H,24,28)(H,25,27). The highest BCUT2D eigenvalue weighted by atomic mass is 32.2. The number of rotatable bonds is 11. The van der Waals surface area contributed by atoms with Gasteiger partial charge in [0.2, 0.25) is 5.91 Å². The third-order valence-electron chi connectivity index (χ3n) is 4.09. The minimum absolute atomic E-state index is 0.108. The molecule has 0 aliphatic carbocycles. The molecule has 0 atom stereocenters. The third-order valence-corrected chi connectivity index (χ3v) is 6.20. The van der Waals surface area contributed by atoms with Crippen LogP contribution in [-0.2, 0) is 9.59 Å². The van der Waals surface area contributed by atoms with Gasteiger partial charge in [0.25, 0.3) is 5.91 Å². The van der Waals surface area contributed by atoms with Crippen molar-refractivity contribution in [2.24, 2.45) is 0 Å². The number of thiazole rings is 1. The zero-order valence-corrected chi connectivity index (χ0v) is 19.1. The van der Waals surface area contributed by atoms with Crippen LogP contribution in [0.1, 0.15) is 0 Å². The second-order valence-corrected chi connectivity index (χ2v) is 8.64. The second-order valence-electron chi connectivity index (χ2n) is 6.42. The maximum absolute atomic E-state index is 12.5. The molecule has 0 unspecified atom stereocenters. The average Bonchev–Trinajstić information content (AvgIpc) is 3.23. The van der Waals surface area contributed by atoms with Crippen molar-refractivity contribution >= 4 is 39.9 Å². The molecule has 0 saturated carbocycles. The highest BCUT2D eigenvalue weighted by Crippen LogP contribution is 2.37. The molecule has 2 aromatic carbocycles. The van der Waals surface area contributed by atoms with Gasteiger partial charge in [0.1, 0.15) is 22.2 Å². The number of benzene rings is 2. The van der Waals surface area contributed by atoms with Gasteiger partial charge >= 0.3 is 0 Å². The van der Waals surface area contributed by atoms with Crippen molar-refractivity contribution in [1.29, 1.82) is 0 Å². The van der Waals surface area contributed by atoms with E-state index in [1.807, 2.05) is 30.3 Å². The molecule has 3 aromatic rings. The van der Waals surface area contributed by atoms with Crippen molar-refractivity contribution in [3.63, 3.8) is 0 Å². The number of hydrogen-bond acceptors (Lipinski definition) is 7. The van der Waals surface area contributed by atoms with Gasteiger partial charge in [-0.2, -0.15) is 0 Å². The van der Waals surface area contributed by atoms with Crippen LogP contribution < -0.4 is 20.1 Å². The van der Waals surface area contributed by atoms with Gasteiger partial charge < -0.3 is 20.1 Å². The Kier molecular flexibility index (Phi) is 8.70. The lowest BCUT2D eigenvalue weighted by molar-refractivity contribution is -0.119. The van der Waals surface area contributed by atoms with Crippen molar-refractivity contribution < 1.29 is 19.1 Å². The fourth-order valence-corrected chi connectivity index (χ4v) is 4.52. The third kappa shape index (κ3) is 6.86. The SMILES string of the molecule is C=CCNC(=O)CSc1nc(-c2ccccc2)c(NC(=O)COc2cccc(OC)c2)s1. The fraction of sp³-hybridized carbons (Fsp3) is 0.174. The number of anilines is 1. The molecule has 0 saturated heterocycles. The molecular formula is C23H23N3O4S2. The van der Waals surface area contributed by atoms with E-state index in [0.29, 0.717) is 33.1 Å². The van der Waals surface area contributed by atoms with Crippen molar-refractivity contribution in [3.05, 3.63) is 67.3 Å². The van der Waals surface area contributed by atoms with Gasteiger partial charge in [-0.05, 0) is 12.1 Å². The Balaban J connectivity index is 1.69. The summed E-state index contributed by atoms with van der Waals surface area (Å²) < 4.78 is 11.4. The smallest absolute Gasteiger partial charge is 0.262 e. The molecule has 0 fully saturated rings. The Morgan fingerprint density at radius 1 is 1.12 bits per heavy atom. The van der Waals surface area contributed by atoms with Gasteiger partial charge in [-0.3, -0.25) is 9.59 Å². The molecular weight excluding hydrogens is 446 g/mol. The van der Waals surface area contributed by atoms with Crippen LogP contribution in [0, 0.1) is 0 Å². The quantitative estimate of drug-likeness (QED) is 0.323. The Morgan fingerprint density at radius 2 is 1.91 bits per heavy atom. The minimum atomic E-state index is -0.311. The number of ether oxygens (including phenoxy) is 2. The van der Waals surface area contributed by atoms with Crippen LogP contribution in [0.15, 0.2) is 71.6 Å². The molecule has 0 spiro atoms. The van der Waals surface area contributed by atoms with Gasteiger partial charge in [0, 0.05) is 18.2 Å². The molecule has 0 aliphatic heterocycles. The monoisotopic (exact) mass is 469 g/mol. The van der Waals surface area contributed by atoms with Gasteiger partial charge in [-0.15, -0.1) is 6.58 Å². The summed E-state index contributed by atoms with van der Waals surface area (Å²) in [5, 5.41) is 6.22. The van der Waals surface area contributed by atoms with E-state index < -0.39 is 0 Å². The number of nitrogens with one attached hydrogen (secondary N) is 2.